The monoisotopic (exact) mass is 410 g/mol. The summed E-state index contributed by atoms with van der Waals surface area (Å²) in [5.41, 5.74) is 0.0169. The molecule has 0 aromatic rings. The average Bonchev–Trinajstić information content (AvgIpc) is 2.62. The molecule has 2 unspecified atom stereocenters. The number of hydrogen-bond donors (Lipinski definition) is 0. The zero-order valence-corrected chi connectivity index (χ0v) is 20.1. The van der Waals surface area contributed by atoms with E-state index in [1.807, 2.05) is 6.92 Å². The lowest BCUT2D eigenvalue weighted by Gasteiger charge is -2.39. The van der Waals surface area contributed by atoms with Crippen LogP contribution in [-0.2, 0) is 15.6 Å². The molecule has 4 atom stereocenters. The Kier molecular flexibility index (Phi) is 12.5. The Balaban J connectivity index is 2.19. The minimum Gasteiger partial charge on any atom is -0.299 e. The van der Waals surface area contributed by atoms with E-state index in [1.54, 1.807) is 0 Å². The smallest absolute Gasteiger partial charge is 0.138 e. The Bertz CT molecular complexity index is 495. The van der Waals surface area contributed by atoms with Crippen LogP contribution in [0.15, 0.2) is 12.2 Å². The Hall–Kier alpha value is -0.440. The van der Waals surface area contributed by atoms with E-state index in [9.17, 15) is 9.00 Å². The van der Waals surface area contributed by atoms with Crippen LogP contribution >= 0.6 is 0 Å². The number of allylic oxidation sites excluding steroid dienone is 2. The van der Waals surface area contributed by atoms with Crippen LogP contribution in [-0.4, -0.2) is 21.0 Å². The van der Waals surface area contributed by atoms with Gasteiger partial charge in [-0.15, -0.1) is 0 Å². The number of ketones is 1. The van der Waals surface area contributed by atoms with Gasteiger partial charge >= 0.3 is 0 Å². The van der Waals surface area contributed by atoms with Crippen molar-refractivity contribution in [2.45, 2.75) is 117 Å². The van der Waals surface area contributed by atoms with Gasteiger partial charge in [0, 0.05) is 34.1 Å². The van der Waals surface area contributed by atoms with Crippen molar-refractivity contribution in [1.29, 1.82) is 0 Å². The van der Waals surface area contributed by atoms with Crippen LogP contribution < -0.4 is 0 Å². The van der Waals surface area contributed by atoms with Crippen molar-refractivity contribution >= 4 is 16.6 Å². The molecule has 0 aromatic heterocycles. The summed E-state index contributed by atoms with van der Waals surface area (Å²) in [6, 6.07) is 0. The first kappa shape index (κ1) is 25.6. The normalized spacial score (nSPS) is 23.5. The third-order valence-corrected chi connectivity index (χ3v) is 8.19. The molecule has 0 saturated carbocycles. The van der Waals surface area contributed by atoms with Gasteiger partial charge in [-0.2, -0.15) is 0 Å². The highest BCUT2D eigenvalue weighted by atomic mass is 32.2. The molecule has 0 saturated heterocycles. The average molecular weight is 411 g/mol. The molecule has 3 heteroatoms. The van der Waals surface area contributed by atoms with Crippen molar-refractivity contribution in [3.8, 4) is 0 Å². The highest BCUT2D eigenvalue weighted by Crippen LogP contribution is 2.41. The van der Waals surface area contributed by atoms with Gasteiger partial charge in [0.1, 0.15) is 5.78 Å². The molecule has 1 rings (SSSR count). The highest BCUT2D eigenvalue weighted by Gasteiger charge is 2.39. The standard InChI is InChI=1S/C25H46O2S/c1-6-7-8-9-10-11-12-13-14-15-19-28(27)22(3)20-23(26)24-21(2)17-16-18-25(24,4)5/h16-17,21-22,24H,6-15,18-20H2,1-5H3/t21-,22?,24-,28?/m0/s1. The van der Waals surface area contributed by atoms with E-state index in [0.717, 1.165) is 18.6 Å². The Morgan fingerprint density at radius 1 is 1.04 bits per heavy atom. The molecule has 0 fully saturated rings. The van der Waals surface area contributed by atoms with E-state index < -0.39 is 10.8 Å². The number of carbonyl (C=O) groups excluding carboxylic acids is 1. The minimum absolute atomic E-state index is 0.0139. The fraction of sp³-hybridized carbons (Fsp3) is 0.880. The van der Waals surface area contributed by atoms with Crippen LogP contribution in [0.3, 0.4) is 0 Å². The first-order valence-electron chi connectivity index (χ1n) is 11.9. The summed E-state index contributed by atoms with van der Waals surface area (Å²) in [5, 5.41) is -0.0139. The topological polar surface area (TPSA) is 34.1 Å². The van der Waals surface area contributed by atoms with Gasteiger partial charge in [-0.25, -0.2) is 0 Å². The predicted molar refractivity (Wildman–Crippen MR) is 124 cm³/mol. The fourth-order valence-electron chi connectivity index (χ4n) is 4.70. The van der Waals surface area contributed by atoms with E-state index in [2.05, 4.69) is 39.8 Å². The van der Waals surface area contributed by atoms with Crippen LogP contribution in [0.25, 0.3) is 0 Å². The van der Waals surface area contributed by atoms with Gasteiger partial charge in [0.25, 0.3) is 0 Å². The maximum atomic E-state index is 12.9. The number of unbranched alkanes of at least 4 members (excludes halogenated alkanes) is 9. The number of hydrogen-bond acceptors (Lipinski definition) is 2. The second-order valence-corrected chi connectivity index (χ2v) is 11.7. The Morgan fingerprint density at radius 3 is 2.11 bits per heavy atom. The van der Waals surface area contributed by atoms with Crippen LogP contribution in [0.5, 0.6) is 0 Å². The summed E-state index contributed by atoms with van der Waals surface area (Å²) in [7, 11) is -0.877. The van der Waals surface area contributed by atoms with Crippen molar-refractivity contribution in [3.63, 3.8) is 0 Å². The van der Waals surface area contributed by atoms with Gasteiger partial charge in [0.05, 0.1) is 0 Å². The summed E-state index contributed by atoms with van der Waals surface area (Å²) in [5.74, 6) is 1.42. The fourth-order valence-corrected chi connectivity index (χ4v) is 5.94. The molecule has 0 bridgehead atoms. The maximum Gasteiger partial charge on any atom is 0.138 e. The Labute approximate surface area is 177 Å². The van der Waals surface area contributed by atoms with Crippen molar-refractivity contribution in [2.24, 2.45) is 17.3 Å². The van der Waals surface area contributed by atoms with Gasteiger partial charge in [-0.3, -0.25) is 9.00 Å². The van der Waals surface area contributed by atoms with Crippen molar-refractivity contribution in [3.05, 3.63) is 12.2 Å². The SMILES string of the molecule is CCCCCCCCCCCCS(=O)C(C)CC(=O)[C@@H]1[C@@H](C)C=CCC1(C)C. The zero-order chi connectivity index (χ0) is 21.0. The largest absolute Gasteiger partial charge is 0.299 e. The molecule has 0 N–H and O–H groups in total. The number of rotatable bonds is 15. The lowest BCUT2D eigenvalue weighted by atomic mass is 9.65. The van der Waals surface area contributed by atoms with Gasteiger partial charge in [-0.05, 0) is 24.2 Å². The first-order valence-corrected chi connectivity index (χ1v) is 13.2. The zero-order valence-electron chi connectivity index (χ0n) is 19.3. The molecule has 1 aliphatic rings. The highest BCUT2D eigenvalue weighted by molar-refractivity contribution is 7.85. The molecule has 164 valence electrons. The van der Waals surface area contributed by atoms with Crippen LogP contribution in [0.4, 0.5) is 0 Å². The summed E-state index contributed by atoms with van der Waals surface area (Å²) >= 11 is 0. The Morgan fingerprint density at radius 2 is 1.57 bits per heavy atom. The van der Waals surface area contributed by atoms with Crippen LogP contribution in [0.1, 0.15) is 112 Å². The number of Topliss-reactive ketones (excluding diaryl/α,β-unsaturated/α-hetero) is 1. The first-order chi connectivity index (χ1) is 13.3. The molecule has 0 radical (unpaired) electrons. The summed E-state index contributed by atoms with van der Waals surface area (Å²) in [4.78, 5) is 12.9. The summed E-state index contributed by atoms with van der Waals surface area (Å²) in [6.45, 7) is 10.8. The van der Waals surface area contributed by atoms with Crippen molar-refractivity contribution in [2.75, 3.05) is 5.75 Å². The third-order valence-electron chi connectivity index (χ3n) is 6.43. The van der Waals surface area contributed by atoms with Gasteiger partial charge < -0.3 is 0 Å². The second kappa shape index (κ2) is 13.7. The second-order valence-electron chi connectivity index (χ2n) is 9.71. The van der Waals surface area contributed by atoms with E-state index >= 15 is 0 Å². The van der Waals surface area contributed by atoms with Crippen molar-refractivity contribution in [1.82, 2.24) is 0 Å². The van der Waals surface area contributed by atoms with Crippen LogP contribution in [0, 0.1) is 17.3 Å². The quantitative estimate of drug-likeness (QED) is 0.210. The summed E-state index contributed by atoms with van der Waals surface area (Å²) < 4.78 is 12.6. The molecule has 0 aliphatic heterocycles. The molecule has 0 amide bonds. The number of carbonyl (C=O) groups is 1. The van der Waals surface area contributed by atoms with E-state index in [-0.39, 0.29) is 16.6 Å². The minimum atomic E-state index is -0.877. The maximum absolute atomic E-state index is 12.9. The summed E-state index contributed by atoms with van der Waals surface area (Å²) in [6.07, 6.45) is 18.8. The lowest BCUT2D eigenvalue weighted by molar-refractivity contribution is -0.128. The predicted octanol–water partition coefficient (Wildman–Crippen LogP) is 7.24. The van der Waals surface area contributed by atoms with Gasteiger partial charge in [0.15, 0.2) is 0 Å². The van der Waals surface area contributed by atoms with Gasteiger partial charge in [-0.1, -0.05) is 105 Å². The molecule has 2 nitrogen and oxygen atoms in total. The molecule has 1 aliphatic carbocycles. The van der Waals surface area contributed by atoms with E-state index in [0.29, 0.717) is 18.1 Å². The third kappa shape index (κ3) is 9.37. The molecular formula is C25H46O2S. The van der Waals surface area contributed by atoms with E-state index in [4.69, 9.17) is 0 Å². The van der Waals surface area contributed by atoms with Gasteiger partial charge in [0.2, 0.25) is 0 Å². The van der Waals surface area contributed by atoms with Crippen molar-refractivity contribution < 1.29 is 9.00 Å². The van der Waals surface area contributed by atoms with Crippen LogP contribution in [0.2, 0.25) is 0 Å². The molecule has 28 heavy (non-hydrogen) atoms. The molecular weight excluding hydrogens is 364 g/mol. The molecule has 0 heterocycles. The molecule has 0 aromatic carbocycles. The molecule has 0 spiro atoms. The lowest BCUT2D eigenvalue weighted by Crippen LogP contribution is -2.38. The van der Waals surface area contributed by atoms with E-state index in [1.165, 1.54) is 57.8 Å².